The first kappa shape index (κ1) is 18.8. The highest BCUT2D eigenvalue weighted by molar-refractivity contribution is 5.00. The van der Waals surface area contributed by atoms with Gasteiger partial charge in [-0.2, -0.15) is 8.78 Å². The van der Waals surface area contributed by atoms with Gasteiger partial charge in [0.2, 0.25) is 0 Å². The third-order valence-electron chi connectivity index (χ3n) is 5.86. The average molecular weight is 332 g/mol. The zero-order valence-corrected chi connectivity index (χ0v) is 14.3. The number of hydrogen-bond donors (Lipinski definition) is 0. The van der Waals surface area contributed by atoms with Crippen LogP contribution in [0.1, 0.15) is 71.1 Å². The predicted molar refractivity (Wildman–Crippen MR) is 87.0 cm³/mol. The molecule has 1 nitrogen and oxygen atoms in total. The molecule has 0 atom stereocenters. The second kappa shape index (κ2) is 9.71. The maximum atomic E-state index is 13.3. The van der Waals surface area contributed by atoms with Gasteiger partial charge in [0.15, 0.2) is 5.83 Å². The Bertz CT molecular complexity index is 363. The van der Waals surface area contributed by atoms with Crippen molar-refractivity contribution in [2.45, 2.75) is 71.1 Å². The Kier molecular flexibility index (Phi) is 7.94. The van der Waals surface area contributed by atoms with Gasteiger partial charge in [-0.25, -0.2) is 4.39 Å². The highest BCUT2D eigenvalue weighted by atomic mass is 19.3. The SMILES string of the molecule is CCCCOCC1CCC(C2CCC(C(F)=C(F)F)CC2)CC1. The number of ether oxygens (including phenoxy) is 1. The van der Waals surface area contributed by atoms with Crippen molar-refractivity contribution in [1.82, 2.24) is 0 Å². The number of unbranched alkanes of at least 4 members (excludes halogenated alkanes) is 1. The molecule has 0 spiro atoms. The summed E-state index contributed by atoms with van der Waals surface area (Å²) in [7, 11) is 0. The summed E-state index contributed by atoms with van der Waals surface area (Å²) in [5.74, 6) is 0.338. The van der Waals surface area contributed by atoms with E-state index in [1.165, 1.54) is 32.1 Å². The first-order chi connectivity index (χ1) is 11.1. The van der Waals surface area contributed by atoms with E-state index in [0.29, 0.717) is 30.6 Å². The lowest BCUT2D eigenvalue weighted by molar-refractivity contribution is 0.0636. The number of hydrogen-bond acceptors (Lipinski definition) is 1. The van der Waals surface area contributed by atoms with Crippen molar-refractivity contribution in [2.75, 3.05) is 13.2 Å². The van der Waals surface area contributed by atoms with Crippen LogP contribution in [0, 0.1) is 23.7 Å². The minimum atomic E-state index is -2.11. The Morgan fingerprint density at radius 2 is 1.43 bits per heavy atom. The highest BCUT2D eigenvalue weighted by Crippen LogP contribution is 2.43. The summed E-state index contributed by atoms with van der Waals surface area (Å²) in [6.45, 7) is 3.95. The Morgan fingerprint density at radius 1 is 0.870 bits per heavy atom. The molecule has 0 unspecified atom stereocenters. The smallest absolute Gasteiger partial charge is 0.301 e. The largest absolute Gasteiger partial charge is 0.381 e. The summed E-state index contributed by atoms with van der Waals surface area (Å²) in [5, 5.41) is 0. The second-order valence-corrected chi connectivity index (χ2v) is 7.43. The normalized spacial score (nSPS) is 31.8. The Labute approximate surface area is 138 Å². The Balaban J connectivity index is 1.66. The van der Waals surface area contributed by atoms with Gasteiger partial charge in [-0.1, -0.05) is 13.3 Å². The Morgan fingerprint density at radius 3 is 1.96 bits per heavy atom. The van der Waals surface area contributed by atoms with E-state index in [-0.39, 0.29) is 0 Å². The van der Waals surface area contributed by atoms with Crippen molar-refractivity contribution in [3.63, 3.8) is 0 Å². The average Bonchev–Trinajstić information content (AvgIpc) is 2.59. The third-order valence-corrected chi connectivity index (χ3v) is 5.86. The van der Waals surface area contributed by atoms with E-state index in [4.69, 9.17) is 4.74 Å². The monoisotopic (exact) mass is 332 g/mol. The Hall–Kier alpha value is -0.510. The topological polar surface area (TPSA) is 9.23 Å². The molecule has 0 aromatic carbocycles. The molecule has 0 aromatic rings. The lowest BCUT2D eigenvalue weighted by Crippen LogP contribution is -2.27. The first-order valence-electron chi connectivity index (χ1n) is 9.40. The molecule has 2 fully saturated rings. The van der Waals surface area contributed by atoms with Crippen LogP contribution >= 0.6 is 0 Å². The van der Waals surface area contributed by atoms with E-state index >= 15 is 0 Å². The third kappa shape index (κ3) is 5.81. The van der Waals surface area contributed by atoms with Gasteiger partial charge < -0.3 is 4.74 Å². The van der Waals surface area contributed by atoms with E-state index in [1.54, 1.807) is 0 Å². The molecule has 0 aromatic heterocycles. The predicted octanol–water partition coefficient (Wildman–Crippen LogP) is 6.49. The van der Waals surface area contributed by atoms with Crippen LogP contribution in [0.4, 0.5) is 13.2 Å². The van der Waals surface area contributed by atoms with E-state index in [1.807, 2.05) is 0 Å². The summed E-state index contributed by atoms with van der Waals surface area (Å²) in [6.07, 6.45) is 8.12. The van der Waals surface area contributed by atoms with Gasteiger partial charge in [0.05, 0.1) is 0 Å². The maximum Gasteiger partial charge on any atom is 0.301 e. The quantitative estimate of drug-likeness (QED) is 0.484. The molecule has 0 heterocycles. The van der Waals surface area contributed by atoms with Crippen molar-refractivity contribution in [1.29, 1.82) is 0 Å². The maximum absolute atomic E-state index is 13.3. The van der Waals surface area contributed by atoms with Crippen LogP contribution in [-0.4, -0.2) is 13.2 Å². The van der Waals surface area contributed by atoms with Crippen LogP contribution in [0.3, 0.4) is 0 Å². The van der Waals surface area contributed by atoms with Gasteiger partial charge in [-0.3, -0.25) is 0 Å². The van der Waals surface area contributed by atoms with Crippen molar-refractivity contribution in [2.24, 2.45) is 23.7 Å². The van der Waals surface area contributed by atoms with Crippen molar-refractivity contribution < 1.29 is 17.9 Å². The summed E-state index contributed by atoms with van der Waals surface area (Å²) < 4.78 is 43.8. The second-order valence-electron chi connectivity index (χ2n) is 7.43. The molecule has 2 aliphatic rings. The minimum Gasteiger partial charge on any atom is -0.381 e. The van der Waals surface area contributed by atoms with Crippen LogP contribution in [0.5, 0.6) is 0 Å². The molecule has 0 radical (unpaired) electrons. The lowest BCUT2D eigenvalue weighted by atomic mass is 9.69. The standard InChI is InChI=1S/C19H31F3O/c1-2-3-12-23-13-14-4-6-15(7-5-14)16-8-10-17(11-9-16)18(20)19(21)22/h14-17H,2-13H2,1H3. The van der Waals surface area contributed by atoms with Crippen LogP contribution in [-0.2, 0) is 4.74 Å². The van der Waals surface area contributed by atoms with Crippen LogP contribution in [0.2, 0.25) is 0 Å². The number of allylic oxidation sites excluding steroid dienone is 1. The fourth-order valence-electron chi connectivity index (χ4n) is 4.32. The molecule has 2 aliphatic carbocycles. The molecule has 2 rings (SSSR count). The molecule has 0 aliphatic heterocycles. The van der Waals surface area contributed by atoms with Gasteiger partial charge in [-0.05, 0) is 75.5 Å². The van der Waals surface area contributed by atoms with E-state index in [2.05, 4.69) is 6.92 Å². The minimum absolute atomic E-state index is 0.528. The van der Waals surface area contributed by atoms with Crippen LogP contribution in [0.25, 0.3) is 0 Å². The molecule has 134 valence electrons. The molecule has 0 bridgehead atoms. The fourth-order valence-corrected chi connectivity index (χ4v) is 4.32. The van der Waals surface area contributed by atoms with Gasteiger partial charge in [-0.15, -0.1) is 0 Å². The van der Waals surface area contributed by atoms with Gasteiger partial charge in [0.25, 0.3) is 0 Å². The molecule has 0 amide bonds. The lowest BCUT2D eigenvalue weighted by Gasteiger charge is -2.37. The molecule has 2 saturated carbocycles. The first-order valence-corrected chi connectivity index (χ1v) is 9.40. The fraction of sp³-hybridized carbons (Fsp3) is 0.895. The van der Waals surface area contributed by atoms with Gasteiger partial charge >= 0.3 is 6.08 Å². The summed E-state index contributed by atoms with van der Waals surface area (Å²) >= 11 is 0. The molecule has 0 saturated heterocycles. The summed E-state index contributed by atoms with van der Waals surface area (Å²) in [6, 6.07) is 0. The molecular formula is C19H31F3O. The van der Waals surface area contributed by atoms with E-state index in [9.17, 15) is 13.2 Å². The van der Waals surface area contributed by atoms with Gasteiger partial charge in [0.1, 0.15) is 0 Å². The van der Waals surface area contributed by atoms with Crippen LogP contribution < -0.4 is 0 Å². The zero-order valence-electron chi connectivity index (χ0n) is 14.3. The number of rotatable bonds is 7. The van der Waals surface area contributed by atoms with E-state index < -0.39 is 17.8 Å². The van der Waals surface area contributed by atoms with Crippen molar-refractivity contribution >= 4 is 0 Å². The molecule has 23 heavy (non-hydrogen) atoms. The zero-order chi connectivity index (χ0) is 16.7. The van der Waals surface area contributed by atoms with E-state index in [0.717, 1.165) is 32.5 Å². The number of halogens is 3. The van der Waals surface area contributed by atoms with Crippen LogP contribution in [0.15, 0.2) is 11.9 Å². The van der Waals surface area contributed by atoms with Crippen molar-refractivity contribution in [3.05, 3.63) is 11.9 Å². The van der Waals surface area contributed by atoms with Gasteiger partial charge in [0, 0.05) is 19.1 Å². The highest BCUT2D eigenvalue weighted by Gasteiger charge is 2.33. The molecular weight excluding hydrogens is 301 g/mol. The van der Waals surface area contributed by atoms with Crippen molar-refractivity contribution in [3.8, 4) is 0 Å². The summed E-state index contributed by atoms with van der Waals surface area (Å²) in [5.41, 5.74) is 0. The molecule has 4 heteroatoms. The molecule has 0 N–H and O–H groups in total. The summed E-state index contributed by atoms with van der Waals surface area (Å²) in [4.78, 5) is 0.